The fraction of sp³-hybridized carbons (Fsp3) is 0.242. The van der Waals surface area contributed by atoms with Gasteiger partial charge in [-0.2, -0.15) is 0 Å². The third-order valence-electron chi connectivity index (χ3n) is 7.38. The zero-order valence-electron chi connectivity index (χ0n) is 25.4. The van der Waals surface area contributed by atoms with Crippen molar-refractivity contribution in [3.05, 3.63) is 116 Å². The number of carbonyl (C=O) groups excluding carboxylic acids is 1. The normalized spacial score (nSPS) is 11.4. The Balaban J connectivity index is 1.79. The Morgan fingerprint density at radius 2 is 1.63 bits per heavy atom. The molecule has 2 heterocycles. The van der Waals surface area contributed by atoms with Crippen molar-refractivity contribution >= 4 is 33.3 Å². The molecule has 240 valence electrons. The lowest BCUT2D eigenvalue weighted by Gasteiger charge is -2.18. The van der Waals surface area contributed by atoms with Crippen molar-refractivity contribution in [2.45, 2.75) is 20.0 Å². The number of nitrogens with zero attached hydrogens (tertiary/aromatic N) is 3. The van der Waals surface area contributed by atoms with E-state index in [0.29, 0.717) is 41.4 Å². The van der Waals surface area contributed by atoms with Crippen molar-refractivity contribution in [1.29, 1.82) is 0 Å². The molecule has 0 radical (unpaired) electrons. The molecular formula is C33H32F3N5O4S. The number of halogens is 3. The maximum absolute atomic E-state index is 14.9. The Morgan fingerprint density at radius 3 is 2.26 bits per heavy atom. The van der Waals surface area contributed by atoms with Gasteiger partial charge in [-0.25, -0.2) is 27.3 Å². The fourth-order valence-corrected chi connectivity index (χ4v) is 6.39. The van der Waals surface area contributed by atoms with Crippen LogP contribution in [0, 0.1) is 17.5 Å². The number of urea groups is 1. The maximum atomic E-state index is 14.9. The number of aromatic nitrogens is 2. The molecule has 3 aromatic carbocycles. The number of nitrogens with one attached hydrogen (secondary N) is 2. The van der Waals surface area contributed by atoms with Crippen LogP contribution in [-0.4, -0.2) is 53.9 Å². The summed E-state index contributed by atoms with van der Waals surface area (Å²) >= 11 is 1.15. The van der Waals surface area contributed by atoms with Crippen LogP contribution < -0.4 is 21.9 Å². The Hall–Kier alpha value is -4.72. The Bertz CT molecular complexity index is 1970. The highest BCUT2D eigenvalue weighted by molar-refractivity contribution is 7.22. The van der Waals surface area contributed by atoms with Gasteiger partial charge in [-0.1, -0.05) is 18.2 Å². The molecule has 0 saturated carbocycles. The number of hydrogen-bond acceptors (Lipinski definition) is 6. The molecule has 2 aromatic heterocycles. The van der Waals surface area contributed by atoms with Crippen molar-refractivity contribution in [3.8, 4) is 16.1 Å². The van der Waals surface area contributed by atoms with Gasteiger partial charge in [0.15, 0.2) is 0 Å². The molecule has 0 aliphatic carbocycles. The van der Waals surface area contributed by atoms with Gasteiger partial charge in [0.05, 0.1) is 24.2 Å². The molecule has 2 N–H and O–H groups in total. The highest BCUT2D eigenvalue weighted by atomic mass is 32.1. The molecule has 0 unspecified atom stereocenters. The average Bonchev–Trinajstić information content (AvgIpc) is 3.39. The monoisotopic (exact) mass is 651 g/mol. The lowest BCUT2D eigenvalue weighted by molar-refractivity contribution is 0.159. The molecule has 9 nitrogen and oxygen atoms in total. The summed E-state index contributed by atoms with van der Waals surface area (Å²) < 4.78 is 51.0. The second-order valence-electron chi connectivity index (χ2n) is 10.6. The number of likely N-dealkylation sites (N-methyl/N-ethyl adjacent to an activating group) is 1. The first-order chi connectivity index (χ1) is 22.1. The number of rotatable bonds is 11. The van der Waals surface area contributed by atoms with Crippen LogP contribution in [0.5, 0.6) is 0 Å². The molecule has 0 bridgehead atoms. The largest absolute Gasteiger partial charge is 0.383 e. The van der Waals surface area contributed by atoms with E-state index < -0.39 is 35.2 Å². The predicted octanol–water partition coefficient (Wildman–Crippen LogP) is 5.57. The summed E-state index contributed by atoms with van der Waals surface area (Å²) in [5.41, 5.74) is 0.107. The number of benzene rings is 3. The second kappa shape index (κ2) is 14.1. The van der Waals surface area contributed by atoms with Crippen molar-refractivity contribution in [2.75, 3.05) is 39.2 Å². The Labute approximate surface area is 266 Å². The topological polar surface area (TPSA) is 97.6 Å². The molecule has 46 heavy (non-hydrogen) atoms. The minimum atomic E-state index is -0.842. The van der Waals surface area contributed by atoms with Gasteiger partial charge in [0.25, 0.3) is 5.56 Å². The second-order valence-corrected chi connectivity index (χ2v) is 11.6. The van der Waals surface area contributed by atoms with Crippen LogP contribution in [0.25, 0.3) is 26.3 Å². The highest BCUT2D eigenvalue weighted by Gasteiger charge is 2.25. The van der Waals surface area contributed by atoms with Gasteiger partial charge in [-0.15, -0.1) is 11.3 Å². The number of carbonyl (C=O) groups is 1. The average molecular weight is 652 g/mol. The van der Waals surface area contributed by atoms with Gasteiger partial charge in [-0.3, -0.25) is 14.3 Å². The van der Waals surface area contributed by atoms with E-state index in [2.05, 4.69) is 10.6 Å². The number of thiophene rings is 1. The number of anilines is 1. The van der Waals surface area contributed by atoms with E-state index in [-0.39, 0.29) is 34.0 Å². The van der Waals surface area contributed by atoms with Gasteiger partial charge in [0.1, 0.15) is 22.3 Å². The fourth-order valence-electron chi connectivity index (χ4n) is 5.09. The molecule has 0 aliphatic heterocycles. The lowest BCUT2D eigenvalue weighted by Crippen LogP contribution is -2.39. The Morgan fingerprint density at radius 1 is 0.957 bits per heavy atom. The summed E-state index contributed by atoms with van der Waals surface area (Å²) in [6.45, 7) is 2.98. The number of fused-ring (bicyclic) bond motifs is 1. The molecule has 0 fully saturated rings. The number of methoxy groups -OCH3 is 1. The smallest absolute Gasteiger partial charge is 0.337 e. The van der Waals surface area contributed by atoms with Crippen molar-refractivity contribution in [2.24, 2.45) is 0 Å². The summed E-state index contributed by atoms with van der Waals surface area (Å²) in [6, 6.07) is 14.9. The van der Waals surface area contributed by atoms with E-state index in [1.165, 1.54) is 22.8 Å². The molecule has 5 aromatic rings. The van der Waals surface area contributed by atoms with Crippen molar-refractivity contribution in [1.82, 2.24) is 19.4 Å². The van der Waals surface area contributed by atoms with Gasteiger partial charge in [0.2, 0.25) is 0 Å². The molecule has 13 heteroatoms. The third-order valence-corrected chi connectivity index (χ3v) is 8.69. The van der Waals surface area contributed by atoms with E-state index >= 15 is 0 Å². The summed E-state index contributed by atoms with van der Waals surface area (Å²) in [5, 5.41) is 5.60. The third kappa shape index (κ3) is 6.76. The van der Waals surface area contributed by atoms with Crippen molar-refractivity contribution < 1.29 is 22.7 Å². The zero-order valence-corrected chi connectivity index (χ0v) is 26.2. The maximum Gasteiger partial charge on any atom is 0.337 e. The van der Waals surface area contributed by atoms with Crippen LogP contribution in [0.15, 0.2) is 76.3 Å². The van der Waals surface area contributed by atoms with Crippen LogP contribution >= 0.6 is 11.3 Å². The van der Waals surface area contributed by atoms with E-state index in [9.17, 15) is 27.6 Å². The van der Waals surface area contributed by atoms with Crippen LogP contribution in [0.1, 0.15) is 18.1 Å². The lowest BCUT2D eigenvalue weighted by atomic mass is 10.1. The minimum absolute atomic E-state index is 0.105. The SMILES string of the molecule is CCNC(=O)Nc1ccc(-c2sc3c(c2CN(C)CCOC)c(=O)n(-c2ccc(F)cc2)c(=O)n3Cc2c(F)cccc2F)cc1. The van der Waals surface area contributed by atoms with E-state index in [4.69, 9.17) is 4.74 Å². The molecule has 0 aliphatic rings. The number of ether oxygens (including phenoxy) is 1. The molecule has 0 saturated heterocycles. The highest BCUT2D eigenvalue weighted by Crippen LogP contribution is 2.38. The van der Waals surface area contributed by atoms with Gasteiger partial charge < -0.3 is 15.4 Å². The minimum Gasteiger partial charge on any atom is -0.383 e. The molecule has 0 spiro atoms. The van der Waals surface area contributed by atoms with Crippen LogP contribution in [0.4, 0.5) is 23.7 Å². The quantitative estimate of drug-likeness (QED) is 0.195. The number of amides is 2. The van der Waals surface area contributed by atoms with Crippen molar-refractivity contribution in [3.63, 3.8) is 0 Å². The van der Waals surface area contributed by atoms with E-state index in [1.54, 1.807) is 38.3 Å². The van der Waals surface area contributed by atoms with Gasteiger partial charge >= 0.3 is 11.7 Å². The van der Waals surface area contributed by atoms with Crippen LogP contribution in [-0.2, 0) is 17.8 Å². The van der Waals surface area contributed by atoms with Gasteiger partial charge in [-0.05, 0) is 73.6 Å². The molecular weight excluding hydrogens is 619 g/mol. The van der Waals surface area contributed by atoms with E-state index in [0.717, 1.165) is 40.2 Å². The molecule has 5 rings (SSSR count). The standard InChI is InChI=1S/C33H32F3N5O4S/c1-4-37-32(43)38-22-12-8-20(9-13-22)29-25(18-39(2)16-17-45-3)28-30(42)41(23-14-10-21(34)11-15-23)33(44)40(31(28)46-29)19-24-26(35)6-5-7-27(24)36/h5-15H,4,16-19H2,1-3H3,(H2,37,38,43). The van der Waals surface area contributed by atoms with Crippen LogP contribution in [0.3, 0.4) is 0 Å². The zero-order chi connectivity index (χ0) is 33.0. The first-order valence-electron chi connectivity index (χ1n) is 14.5. The first kappa shape index (κ1) is 32.7. The molecule has 0 atom stereocenters. The molecule has 2 amide bonds. The first-order valence-corrected chi connectivity index (χ1v) is 15.3. The summed E-state index contributed by atoms with van der Waals surface area (Å²) in [4.78, 5) is 43.2. The Kier molecular flexibility index (Phi) is 10.0. The number of hydrogen-bond donors (Lipinski definition) is 2. The summed E-state index contributed by atoms with van der Waals surface area (Å²) in [6.07, 6.45) is 0. The summed E-state index contributed by atoms with van der Waals surface area (Å²) in [7, 11) is 3.44. The summed E-state index contributed by atoms with van der Waals surface area (Å²) in [5.74, 6) is -2.24. The van der Waals surface area contributed by atoms with E-state index in [1.807, 2.05) is 11.9 Å². The van der Waals surface area contributed by atoms with Crippen LogP contribution in [0.2, 0.25) is 0 Å². The predicted molar refractivity (Wildman–Crippen MR) is 173 cm³/mol. The van der Waals surface area contributed by atoms with Gasteiger partial charge in [0, 0.05) is 42.9 Å².